The van der Waals surface area contributed by atoms with Crippen molar-refractivity contribution in [3.05, 3.63) is 63.9 Å². The zero-order valence-electron chi connectivity index (χ0n) is 9.97. The Morgan fingerprint density at radius 2 is 1.83 bits per heavy atom. The molecular weight excluding hydrogens is 292 g/mol. The summed E-state index contributed by atoms with van der Waals surface area (Å²) in [6.07, 6.45) is 0. The predicted octanol–water partition coefficient (Wildman–Crippen LogP) is 3.02. The second-order valence-electron chi connectivity index (χ2n) is 3.95. The van der Waals surface area contributed by atoms with Gasteiger partial charge >= 0.3 is 0 Å². The van der Waals surface area contributed by atoms with Crippen molar-refractivity contribution in [2.75, 3.05) is 0 Å². The number of benzene rings is 1. The van der Waals surface area contributed by atoms with E-state index in [0.29, 0.717) is 19.8 Å². The van der Waals surface area contributed by atoms with Gasteiger partial charge in [0.25, 0.3) is 0 Å². The molecule has 0 unspecified atom stereocenters. The van der Waals surface area contributed by atoms with Crippen LogP contribution in [-0.4, -0.2) is 4.98 Å². The molecule has 0 amide bonds. The largest absolute Gasteiger partial charge is 0.370 e. The highest BCUT2D eigenvalue weighted by molar-refractivity contribution is 9.10. The zero-order valence-corrected chi connectivity index (χ0v) is 11.6. The fraction of sp³-hybridized carbons (Fsp3) is 0.214. The van der Waals surface area contributed by atoms with Gasteiger partial charge < -0.3 is 10.5 Å². The summed E-state index contributed by atoms with van der Waals surface area (Å²) < 4.78 is 6.70. The molecule has 94 valence electrons. The van der Waals surface area contributed by atoms with Crippen molar-refractivity contribution in [3.8, 4) is 0 Å². The molecule has 0 saturated carbocycles. The van der Waals surface area contributed by atoms with Gasteiger partial charge in [0, 0.05) is 11.0 Å². The summed E-state index contributed by atoms with van der Waals surface area (Å²) in [5.41, 5.74) is 8.48. The van der Waals surface area contributed by atoms with Gasteiger partial charge in [0.15, 0.2) is 0 Å². The third-order valence-corrected chi connectivity index (χ3v) is 2.97. The zero-order chi connectivity index (χ0) is 12.8. The third-order valence-electron chi connectivity index (χ3n) is 2.48. The quantitative estimate of drug-likeness (QED) is 0.923. The van der Waals surface area contributed by atoms with Crippen LogP contribution in [0.15, 0.2) is 46.9 Å². The molecule has 0 fully saturated rings. The van der Waals surface area contributed by atoms with E-state index in [4.69, 9.17) is 10.5 Å². The summed E-state index contributed by atoms with van der Waals surface area (Å²) in [7, 11) is 0. The summed E-state index contributed by atoms with van der Waals surface area (Å²) in [5.74, 6) is 0. The van der Waals surface area contributed by atoms with E-state index in [1.807, 2.05) is 42.5 Å². The number of hydrogen-bond donors (Lipinski definition) is 1. The molecule has 2 rings (SSSR count). The van der Waals surface area contributed by atoms with Gasteiger partial charge in [-0.15, -0.1) is 0 Å². The van der Waals surface area contributed by atoms with Crippen molar-refractivity contribution in [2.45, 2.75) is 19.8 Å². The van der Waals surface area contributed by atoms with Gasteiger partial charge in [0.1, 0.15) is 0 Å². The van der Waals surface area contributed by atoms with Gasteiger partial charge in [0.2, 0.25) is 0 Å². The molecule has 0 atom stereocenters. The molecule has 1 heterocycles. The molecule has 4 heteroatoms. The molecule has 2 aromatic rings. The van der Waals surface area contributed by atoms with Crippen LogP contribution in [0.3, 0.4) is 0 Å². The Morgan fingerprint density at radius 1 is 1.06 bits per heavy atom. The van der Waals surface area contributed by atoms with E-state index < -0.39 is 0 Å². The van der Waals surface area contributed by atoms with E-state index in [0.717, 1.165) is 21.4 Å². The van der Waals surface area contributed by atoms with Crippen LogP contribution in [-0.2, 0) is 24.5 Å². The number of ether oxygens (including phenoxy) is 1. The fourth-order valence-corrected chi connectivity index (χ4v) is 2.07. The minimum Gasteiger partial charge on any atom is -0.370 e. The van der Waals surface area contributed by atoms with E-state index >= 15 is 0 Å². The number of nitrogens with zero attached hydrogens (tertiary/aromatic N) is 1. The average Bonchev–Trinajstić information content (AvgIpc) is 2.39. The van der Waals surface area contributed by atoms with Crippen molar-refractivity contribution in [1.29, 1.82) is 0 Å². The first kappa shape index (κ1) is 13.2. The SMILES string of the molecule is NCc1cccc(COCc2cccc(Br)c2)n1. The summed E-state index contributed by atoms with van der Waals surface area (Å²) >= 11 is 3.44. The van der Waals surface area contributed by atoms with Gasteiger partial charge in [-0.2, -0.15) is 0 Å². The number of nitrogens with two attached hydrogens (primary N) is 1. The monoisotopic (exact) mass is 306 g/mol. The Bertz CT molecular complexity index is 517. The van der Waals surface area contributed by atoms with E-state index in [-0.39, 0.29) is 0 Å². The molecule has 0 aliphatic rings. The van der Waals surface area contributed by atoms with Crippen LogP contribution in [0.2, 0.25) is 0 Å². The molecule has 0 bridgehead atoms. The highest BCUT2D eigenvalue weighted by Gasteiger charge is 1.98. The number of rotatable bonds is 5. The highest BCUT2D eigenvalue weighted by Crippen LogP contribution is 2.13. The lowest BCUT2D eigenvalue weighted by molar-refractivity contribution is 0.104. The average molecular weight is 307 g/mol. The topological polar surface area (TPSA) is 48.1 Å². The molecule has 0 radical (unpaired) electrons. The maximum Gasteiger partial charge on any atom is 0.0892 e. The normalized spacial score (nSPS) is 10.6. The summed E-state index contributed by atoms with van der Waals surface area (Å²) in [6, 6.07) is 13.9. The first-order valence-electron chi connectivity index (χ1n) is 5.75. The molecule has 2 N–H and O–H groups in total. The molecule has 0 spiro atoms. The Morgan fingerprint density at radius 3 is 2.61 bits per heavy atom. The first-order valence-corrected chi connectivity index (χ1v) is 6.54. The van der Waals surface area contributed by atoms with E-state index in [9.17, 15) is 0 Å². The number of hydrogen-bond acceptors (Lipinski definition) is 3. The van der Waals surface area contributed by atoms with Gasteiger partial charge in [0.05, 0.1) is 24.6 Å². The van der Waals surface area contributed by atoms with Crippen LogP contribution in [0.5, 0.6) is 0 Å². The molecule has 1 aromatic heterocycles. The van der Waals surface area contributed by atoms with Crippen molar-refractivity contribution < 1.29 is 4.74 Å². The van der Waals surface area contributed by atoms with Crippen molar-refractivity contribution in [1.82, 2.24) is 4.98 Å². The maximum absolute atomic E-state index is 5.64. The summed E-state index contributed by atoms with van der Waals surface area (Å²) in [5, 5.41) is 0. The highest BCUT2D eigenvalue weighted by atomic mass is 79.9. The Hall–Kier alpha value is -1.23. The van der Waals surface area contributed by atoms with Gasteiger partial charge in [-0.1, -0.05) is 34.1 Å². The molecule has 1 aromatic carbocycles. The van der Waals surface area contributed by atoms with Crippen molar-refractivity contribution >= 4 is 15.9 Å². The first-order chi connectivity index (χ1) is 8.78. The molecular formula is C14H15BrN2O. The Labute approximate surface area is 115 Å². The standard InChI is InChI=1S/C14H15BrN2O/c15-12-4-1-3-11(7-12)9-18-10-14-6-2-5-13(8-16)17-14/h1-7H,8-10,16H2. The van der Waals surface area contributed by atoms with E-state index in [2.05, 4.69) is 20.9 Å². The predicted molar refractivity (Wildman–Crippen MR) is 74.8 cm³/mol. The fourth-order valence-electron chi connectivity index (χ4n) is 1.62. The van der Waals surface area contributed by atoms with Crippen LogP contribution >= 0.6 is 15.9 Å². The van der Waals surface area contributed by atoms with E-state index in [1.54, 1.807) is 0 Å². The second-order valence-corrected chi connectivity index (χ2v) is 4.86. The van der Waals surface area contributed by atoms with Crippen molar-refractivity contribution in [3.63, 3.8) is 0 Å². The number of pyridine rings is 1. The number of halogens is 1. The Kier molecular flexibility index (Phi) is 4.87. The molecule has 0 saturated heterocycles. The lowest BCUT2D eigenvalue weighted by Gasteiger charge is -2.05. The van der Waals surface area contributed by atoms with Gasteiger partial charge in [-0.3, -0.25) is 4.98 Å². The molecule has 3 nitrogen and oxygen atoms in total. The molecule has 18 heavy (non-hydrogen) atoms. The summed E-state index contributed by atoms with van der Waals surface area (Å²) in [6.45, 7) is 1.54. The minimum absolute atomic E-state index is 0.458. The maximum atomic E-state index is 5.64. The van der Waals surface area contributed by atoms with Crippen LogP contribution in [0.4, 0.5) is 0 Å². The van der Waals surface area contributed by atoms with Crippen LogP contribution < -0.4 is 5.73 Å². The smallest absolute Gasteiger partial charge is 0.0892 e. The van der Waals surface area contributed by atoms with Gasteiger partial charge in [-0.25, -0.2) is 0 Å². The summed E-state index contributed by atoms with van der Waals surface area (Å²) in [4.78, 5) is 4.38. The third kappa shape index (κ3) is 3.91. The lowest BCUT2D eigenvalue weighted by atomic mass is 10.2. The second kappa shape index (κ2) is 6.64. The van der Waals surface area contributed by atoms with Crippen molar-refractivity contribution in [2.24, 2.45) is 5.73 Å². The van der Waals surface area contributed by atoms with Gasteiger partial charge in [-0.05, 0) is 29.8 Å². The van der Waals surface area contributed by atoms with Crippen LogP contribution in [0.25, 0.3) is 0 Å². The Balaban J connectivity index is 1.88. The number of aromatic nitrogens is 1. The molecule has 0 aliphatic heterocycles. The van der Waals surface area contributed by atoms with Crippen LogP contribution in [0, 0.1) is 0 Å². The van der Waals surface area contributed by atoms with E-state index in [1.165, 1.54) is 0 Å². The van der Waals surface area contributed by atoms with Crippen LogP contribution in [0.1, 0.15) is 17.0 Å². The molecule has 0 aliphatic carbocycles. The lowest BCUT2D eigenvalue weighted by Crippen LogP contribution is -2.03. The minimum atomic E-state index is 0.458.